The van der Waals surface area contributed by atoms with Crippen LogP contribution < -0.4 is 10.2 Å². The predicted octanol–water partition coefficient (Wildman–Crippen LogP) is 1.40. The van der Waals surface area contributed by atoms with Crippen molar-refractivity contribution in [2.75, 3.05) is 36.4 Å². The summed E-state index contributed by atoms with van der Waals surface area (Å²) in [5, 5.41) is 2.80. The topological polar surface area (TPSA) is 78.4 Å². The Labute approximate surface area is 140 Å². The maximum Gasteiger partial charge on any atom is 0.257 e. The number of anilines is 2. The first-order valence-electron chi connectivity index (χ1n) is 7.81. The largest absolute Gasteiger partial charge is 0.353 e. The smallest absolute Gasteiger partial charge is 0.257 e. The van der Waals surface area contributed by atoms with E-state index in [-0.39, 0.29) is 11.8 Å². The number of carbonyl (C=O) groups excluding carboxylic acids is 2. The minimum atomic E-state index is -0.215. The highest BCUT2D eigenvalue weighted by Crippen LogP contribution is 2.16. The van der Waals surface area contributed by atoms with Gasteiger partial charge in [-0.05, 0) is 24.3 Å². The number of piperazine rings is 1. The summed E-state index contributed by atoms with van der Waals surface area (Å²) >= 11 is 0. The van der Waals surface area contributed by atoms with Crippen LogP contribution in [0, 0.1) is 0 Å². The third kappa shape index (κ3) is 3.68. The Balaban J connectivity index is 1.60. The van der Waals surface area contributed by atoms with Gasteiger partial charge < -0.3 is 15.1 Å². The predicted molar refractivity (Wildman–Crippen MR) is 90.9 cm³/mol. The second kappa shape index (κ2) is 7.08. The van der Waals surface area contributed by atoms with E-state index >= 15 is 0 Å². The molecule has 2 amide bonds. The van der Waals surface area contributed by atoms with Gasteiger partial charge in [-0.3, -0.25) is 14.6 Å². The zero-order valence-electron chi connectivity index (χ0n) is 13.5. The van der Waals surface area contributed by atoms with E-state index in [1.165, 1.54) is 6.20 Å². The van der Waals surface area contributed by atoms with Crippen molar-refractivity contribution in [3.63, 3.8) is 0 Å². The van der Waals surface area contributed by atoms with Crippen LogP contribution in [0.2, 0.25) is 0 Å². The molecule has 7 nitrogen and oxygen atoms in total. The van der Waals surface area contributed by atoms with Crippen LogP contribution in [0.25, 0.3) is 0 Å². The molecule has 0 atom stereocenters. The van der Waals surface area contributed by atoms with Gasteiger partial charge in [-0.25, -0.2) is 4.98 Å². The first-order chi connectivity index (χ1) is 11.6. The van der Waals surface area contributed by atoms with E-state index in [2.05, 4.69) is 20.2 Å². The SMILES string of the molecule is CC(=O)N1CCN(c2ccc(NC(=O)c3cccnc3)cn2)CC1. The zero-order chi connectivity index (χ0) is 16.9. The molecular weight excluding hydrogens is 306 g/mol. The van der Waals surface area contributed by atoms with Crippen LogP contribution in [0.3, 0.4) is 0 Å². The highest BCUT2D eigenvalue weighted by atomic mass is 16.2. The second-order valence-corrected chi connectivity index (χ2v) is 5.59. The first kappa shape index (κ1) is 15.9. The summed E-state index contributed by atoms with van der Waals surface area (Å²) in [6, 6.07) is 7.13. The molecule has 7 heteroatoms. The lowest BCUT2D eigenvalue weighted by molar-refractivity contribution is -0.129. The number of nitrogens with one attached hydrogen (secondary N) is 1. The van der Waals surface area contributed by atoms with Crippen molar-refractivity contribution in [3.8, 4) is 0 Å². The summed E-state index contributed by atoms with van der Waals surface area (Å²) in [4.78, 5) is 35.7. The molecule has 24 heavy (non-hydrogen) atoms. The standard InChI is InChI=1S/C17H19N5O2/c1-13(23)21-7-9-22(10-8-21)16-5-4-15(12-19-16)20-17(24)14-3-2-6-18-11-14/h2-6,11-12H,7-10H2,1H3,(H,20,24). The van der Waals surface area contributed by atoms with Crippen LogP contribution in [-0.2, 0) is 4.79 Å². The van der Waals surface area contributed by atoms with Crippen LogP contribution >= 0.6 is 0 Å². The minimum Gasteiger partial charge on any atom is -0.353 e. The molecule has 0 unspecified atom stereocenters. The lowest BCUT2D eigenvalue weighted by Gasteiger charge is -2.34. The van der Waals surface area contributed by atoms with Gasteiger partial charge in [0, 0.05) is 45.5 Å². The van der Waals surface area contributed by atoms with Crippen LogP contribution in [0.15, 0.2) is 42.9 Å². The Morgan fingerprint density at radius 1 is 1.08 bits per heavy atom. The summed E-state index contributed by atoms with van der Waals surface area (Å²) in [6.45, 7) is 4.52. The van der Waals surface area contributed by atoms with Gasteiger partial charge in [-0.1, -0.05) is 0 Å². The molecule has 124 valence electrons. The number of nitrogens with zero attached hydrogens (tertiary/aromatic N) is 4. The van der Waals surface area contributed by atoms with E-state index in [9.17, 15) is 9.59 Å². The van der Waals surface area contributed by atoms with Gasteiger partial charge in [0.05, 0.1) is 17.4 Å². The molecule has 1 fully saturated rings. The number of aromatic nitrogens is 2. The van der Waals surface area contributed by atoms with Gasteiger partial charge in [-0.15, -0.1) is 0 Å². The molecule has 1 saturated heterocycles. The van der Waals surface area contributed by atoms with Gasteiger partial charge in [0.1, 0.15) is 5.82 Å². The van der Waals surface area contributed by atoms with Gasteiger partial charge >= 0.3 is 0 Å². The molecule has 0 radical (unpaired) electrons. The first-order valence-corrected chi connectivity index (χ1v) is 7.81. The number of amides is 2. The molecule has 0 aliphatic carbocycles. The molecule has 3 heterocycles. The Kier molecular flexibility index (Phi) is 4.69. The lowest BCUT2D eigenvalue weighted by Crippen LogP contribution is -2.48. The summed E-state index contributed by atoms with van der Waals surface area (Å²) in [5.41, 5.74) is 1.14. The van der Waals surface area contributed by atoms with E-state index < -0.39 is 0 Å². The van der Waals surface area contributed by atoms with Crippen LogP contribution in [0.5, 0.6) is 0 Å². The van der Waals surface area contributed by atoms with Gasteiger partial charge in [0.2, 0.25) is 5.91 Å². The van der Waals surface area contributed by atoms with E-state index in [0.717, 1.165) is 18.9 Å². The van der Waals surface area contributed by atoms with Crippen molar-refractivity contribution in [3.05, 3.63) is 48.4 Å². The molecule has 0 spiro atoms. The molecule has 2 aromatic heterocycles. The third-order valence-corrected chi connectivity index (χ3v) is 3.98. The van der Waals surface area contributed by atoms with Crippen molar-refractivity contribution >= 4 is 23.3 Å². The summed E-state index contributed by atoms with van der Waals surface area (Å²) in [7, 11) is 0. The average Bonchev–Trinajstić information content (AvgIpc) is 2.63. The van der Waals surface area contributed by atoms with Gasteiger partial charge in [0.25, 0.3) is 5.91 Å². The van der Waals surface area contributed by atoms with Crippen molar-refractivity contribution in [1.29, 1.82) is 0 Å². The van der Waals surface area contributed by atoms with Gasteiger partial charge in [-0.2, -0.15) is 0 Å². The van der Waals surface area contributed by atoms with E-state index in [1.54, 1.807) is 31.5 Å². The molecule has 1 aliphatic heterocycles. The molecule has 0 saturated carbocycles. The summed E-state index contributed by atoms with van der Waals surface area (Å²) in [5.74, 6) is 0.737. The Morgan fingerprint density at radius 2 is 1.88 bits per heavy atom. The molecule has 1 N–H and O–H groups in total. The van der Waals surface area contributed by atoms with Crippen molar-refractivity contribution < 1.29 is 9.59 Å². The number of pyridine rings is 2. The van der Waals surface area contributed by atoms with Crippen LogP contribution in [-0.4, -0.2) is 52.9 Å². The van der Waals surface area contributed by atoms with Gasteiger partial charge in [0.15, 0.2) is 0 Å². The Bertz CT molecular complexity index is 710. The highest BCUT2D eigenvalue weighted by molar-refractivity contribution is 6.03. The summed E-state index contributed by atoms with van der Waals surface area (Å²) in [6.07, 6.45) is 4.78. The number of rotatable bonds is 3. The molecular formula is C17H19N5O2. The number of hydrogen-bond donors (Lipinski definition) is 1. The fourth-order valence-corrected chi connectivity index (χ4v) is 2.60. The van der Waals surface area contributed by atoms with E-state index in [0.29, 0.717) is 24.3 Å². The monoisotopic (exact) mass is 325 g/mol. The average molecular weight is 325 g/mol. The summed E-state index contributed by atoms with van der Waals surface area (Å²) < 4.78 is 0. The highest BCUT2D eigenvalue weighted by Gasteiger charge is 2.19. The van der Waals surface area contributed by atoms with Crippen LogP contribution in [0.1, 0.15) is 17.3 Å². The molecule has 0 bridgehead atoms. The maximum atomic E-state index is 12.1. The van der Waals surface area contributed by atoms with Crippen molar-refractivity contribution in [2.24, 2.45) is 0 Å². The second-order valence-electron chi connectivity index (χ2n) is 5.59. The maximum absolute atomic E-state index is 12.1. The third-order valence-electron chi connectivity index (χ3n) is 3.98. The van der Waals surface area contributed by atoms with E-state index in [1.807, 2.05) is 17.0 Å². The quantitative estimate of drug-likeness (QED) is 0.923. The lowest BCUT2D eigenvalue weighted by atomic mass is 10.2. The Morgan fingerprint density at radius 3 is 2.46 bits per heavy atom. The van der Waals surface area contributed by atoms with Crippen molar-refractivity contribution in [2.45, 2.75) is 6.92 Å². The number of carbonyl (C=O) groups is 2. The molecule has 2 aromatic rings. The normalized spacial score (nSPS) is 14.4. The Hall–Kier alpha value is -2.96. The number of hydrogen-bond acceptors (Lipinski definition) is 5. The minimum absolute atomic E-state index is 0.107. The molecule has 0 aromatic carbocycles. The fourth-order valence-electron chi connectivity index (χ4n) is 2.60. The van der Waals surface area contributed by atoms with E-state index in [4.69, 9.17) is 0 Å². The molecule has 3 rings (SSSR count). The molecule has 1 aliphatic rings. The van der Waals surface area contributed by atoms with Crippen molar-refractivity contribution in [1.82, 2.24) is 14.9 Å². The fraction of sp³-hybridized carbons (Fsp3) is 0.294. The zero-order valence-corrected chi connectivity index (χ0v) is 13.5. The van der Waals surface area contributed by atoms with Crippen LogP contribution in [0.4, 0.5) is 11.5 Å².